The van der Waals surface area contributed by atoms with E-state index in [0.717, 1.165) is 22.6 Å². The van der Waals surface area contributed by atoms with Crippen molar-refractivity contribution in [3.8, 4) is 11.5 Å². The quantitative estimate of drug-likeness (QED) is 0.704. The van der Waals surface area contributed by atoms with E-state index in [4.69, 9.17) is 14.6 Å². The van der Waals surface area contributed by atoms with Crippen LogP contribution in [0.3, 0.4) is 0 Å². The minimum absolute atomic E-state index is 0.0180. The summed E-state index contributed by atoms with van der Waals surface area (Å²) in [5.41, 5.74) is 2.23. The summed E-state index contributed by atoms with van der Waals surface area (Å²) in [6.45, 7) is 3.91. The Kier molecular flexibility index (Phi) is 5.01. The monoisotopic (exact) mass is 267 g/mol. The zero-order valence-corrected chi connectivity index (χ0v) is 11.2. The highest BCUT2D eigenvalue weighted by molar-refractivity contribution is 5.47. The fourth-order valence-corrected chi connectivity index (χ4v) is 2.09. The summed E-state index contributed by atoms with van der Waals surface area (Å²) < 4.78 is 11.1. The van der Waals surface area contributed by atoms with Gasteiger partial charge in [-0.3, -0.25) is 0 Å². The van der Waals surface area contributed by atoms with Crippen molar-refractivity contribution in [2.24, 2.45) is 0 Å². The summed E-state index contributed by atoms with van der Waals surface area (Å²) in [6, 6.07) is 3.87. The zero-order chi connectivity index (χ0) is 13.7. The van der Waals surface area contributed by atoms with Gasteiger partial charge in [0.25, 0.3) is 0 Å². The van der Waals surface area contributed by atoms with Crippen molar-refractivity contribution in [2.45, 2.75) is 25.9 Å². The van der Waals surface area contributed by atoms with E-state index in [1.807, 2.05) is 19.1 Å². The topological polar surface area (TPSA) is 71.0 Å². The van der Waals surface area contributed by atoms with E-state index in [1.165, 1.54) is 0 Å². The second-order valence-electron chi connectivity index (χ2n) is 4.70. The predicted molar refractivity (Wildman–Crippen MR) is 71.6 cm³/mol. The Labute approximate surface area is 113 Å². The molecule has 5 heteroatoms. The molecule has 0 aliphatic carbocycles. The maximum atomic E-state index is 9.18. The lowest BCUT2D eigenvalue weighted by atomic mass is 10.1. The fourth-order valence-electron chi connectivity index (χ4n) is 2.09. The molecule has 0 saturated heterocycles. The number of aryl methyl sites for hydroxylation is 1. The lowest BCUT2D eigenvalue weighted by molar-refractivity contribution is 0.171. The van der Waals surface area contributed by atoms with Crippen molar-refractivity contribution in [2.75, 3.05) is 26.4 Å². The Morgan fingerprint density at radius 2 is 1.89 bits per heavy atom. The Balaban J connectivity index is 2.03. The molecule has 106 valence electrons. The number of benzene rings is 1. The van der Waals surface area contributed by atoms with Crippen molar-refractivity contribution in [3.05, 3.63) is 23.3 Å². The summed E-state index contributed by atoms with van der Waals surface area (Å²) in [5.74, 6) is 1.57. The summed E-state index contributed by atoms with van der Waals surface area (Å²) in [4.78, 5) is 0. The van der Waals surface area contributed by atoms with E-state index in [1.54, 1.807) is 0 Å². The normalized spacial score (nSPS) is 15.3. The second-order valence-corrected chi connectivity index (χ2v) is 4.70. The molecule has 1 unspecified atom stereocenters. The van der Waals surface area contributed by atoms with Crippen molar-refractivity contribution >= 4 is 0 Å². The molecule has 1 atom stereocenters. The first-order valence-corrected chi connectivity index (χ1v) is 6.59. The molecule has 0 bridgehead atoms. The number of ether oxygens (including phenoxy) is 2. The zero-order valence-electron chi connectivity index (χ0n) is 11.2. The molecule has 0 amide bonds. The summed E-state index contributed by atoms with van der Waals surface area (Å²) in [5, 5.41) is 21.3. The van der Waals surface area contributed by atoms with Gasteiger partial charge >= 0.3 is 0 Å². The van der Waals surface area contributed by atoms with Gasteiger partial charge in [-0.15, -0.1) is 0 Å². The van der Waals surface area contributed by atoms with E-state index in [9.17, 15) is 5.11 Å². The third kappa shape index (κ3) is 3.59. The van der Waals surface area contributed by atoms with Crippen LogP contribution < -0.4 is 14.8 Å². The minimum Gasteiger partial charge on any atom is -0.486 e. The molecule has 19 heavy (non-hydrogen) atoms. The lowest BCUT2D eigenvalue weighted by Gasteiger charge is -2.21. The number of aliphatic hydroxyl groups excluding tert-OH is 2. The van der Waals surface area contributed by atoms with Crippen molar-refractivity contribution in [1.29, 1.82) is 0 Å². The molecule has 2 rings (SSSR count). The van der Waals surface area contributed by atoms with Gasteiger partial charge in [-0.05, 0) is 36.6 Å². The van der Waals surface area contributed by atoms with E-state index < -0.39 is 0 Å². The Morgan fingerprint density at radius 1 is 1.21 bits per heavy atom. The third-order valence-corrected chi connectivity index (χ3v) is 3.28. The van der Waals surface area contributed by atoms with Crippen LogP contribution in [0.4, 0.5) is 0 Å². The molecular formula is C14H21NO4. The second kappa shape index (κ2) is 6.75. The average Bonchev–Trinajstić information content (AvgIpc) is 2.43. The number of rotatable bonds is 6. The van der Waals surface area contributed by atoms with Crippen LogP contribution in [0.5, 0.6) is 11.5 Å². The van der Waals surface area contributed by atoms with E-state index in [0.29, 0.717) is 26.2 Å². The minimum atomic E-state index is -0.0856. The molecule has 0 radical (unpaired) electrons. The highest BCUT2D eigenvalue weighted by Crippen LogP contribution is 2.32. The first kappa shape index (κ1) is 14.1. The van der Waals surface area contributed by atoms with Crippen LogP contribution in [0.25, 0.3) is 0 Å². The van der Waals surface area contributed by atoms with Crippen LogP contribution in [0.15, 0.2) is 12.1 Å². The number of hydrogen-bond acceptors (Lipinski definition) is 5. The molecule has 1 aliphatic heterocycles. The van der Waals surface area contributed by atoms with Crippen LogP contribution in [0, 0.1) is 6.92 Å². The highest BCUT2D eigenvalue weighted by atomic mass is 16.6. The van der Waals surface area contributed by atoms with Crippen LogP contribution in [0.1, 0.15) is 17.5 Å². The van der Waals surface area contributed by atoms with Crippen molar-refractivity contribution in [3.63, 3.8) is 0 Å². The number of nitrogens with one attached hydrogen (secondary N) is 1. The van der Waals surface area contributed by atoms with E-state index in [-0.39, 0.29) is 19.3 Å². The third-order valence-electron chi connectivity index (χ3n) is 3.28. The van der Waals surface area contributed by atoms with Crippen LogP contribution in [0.2, 0.25) is 0 Å². The van der Waals surface area contributed by atoms with Gasteiger partial charge in [0.15, 0.2) is 11.5 Å². The van der Waals surface area contributed by atoms with Crippen molar-refractivity contribution in [1.82, 2.24) is 5.32 Å². The molecule has 0 fully saturated rings. The van der Waals surface area contributed by atoms with Gasteiger partial charge in [0.2, 0.25) is 0 Å². The molecule has 1 aliphatic rings. The molecular weight excluding hydrogens is 246 g/mol. The van der Waals surface area contributed by atoms with Crippen molar-refractivity contribution < 1.29 is 19.7 Å². The summed E-state index contributed by atoms with van der Waals surface area (Å²) in [7, 11) is 0. The van der Waals surface area contributed by atoms with Gasteiger partial charge in [0.05, 0.1) is 6.61 Å². The first-order valence-electron chi connectivity index (χ1n) is 6.59. The molecule has 1 aromatic rings. The van der Waals surface area contributed by atoms with Gasteiger partial charge in [-0.25, -0.2) is 0 Å². The van der Waals surface area contributed by atoms with E-state index >= 15 is 0 Å². The van der Waals surface area contributed by atoms with Gasteiger partial charge in [-0.1, -0.05) is 0 Å². The van der Waals surface area contributed by atoms with E-state index in [2.05, 4.69) is 5.32 Å². The lowest BCUT2D eigenvalue weighted by Crippen LogP contribution is -2.33. The van der Waals surface area contributed by atoms with Gasteiger partial charge in [0.1, 0.15) is 13.2 Å². The molecule has 1 heterocycles. The Bertz CT molecular complexity index is 422. The molecule has 3 N–H and O–H groups in total. The molecule has 0 aromatic heterocycles. The number of fused-ring (bicyclic) bond motifs is 1. The maximum absolute atomic E-state index is 9.18. The largest absolute Gasteiger partial charge is 0.486 e. The van der Waals surface area contributed by atoms with Gasteiger partial charge in [-0.2, -0.15) is 0 Å². The maximum Gasteiger partial charge on any atom is 0.161 e. The van der Waals surface area contributed by atoms with Crippen LogP contribution in [-0.2, 0) is 6.54 Å². The number of hydrogen-bond donors (Lipinski definition) is 3. The van der Waals surface area contributed by atoms with Gasteiger partial charge in [0, 0.05) is 19.2 Å². The first-order chi connectivity index (χ1) is 9.24. The number of aliphatic hydroxyl groups is 2. The standard InChI is InChI=1S/C14H21NO4/c1-10-6-13-14(19-5-4-18-13)7-11(10)8-15-12(9-17)2-3-16/h6-7,12,15-17H,2-5,8-9H2,1H3. The molecule has 0 spiro atoms. The highest BCUT2D eigenvalue weighted by Gasteiger charge is 2.14. The smallest absolute Gasteiger partial charge is 0.161 e. The van der Waals surface area contributed by atoms with Crippen LogP contribution >= 0.6 is 0 Å². The SMILES string of the molecule is Cc1cc2c(cc1CNC(CO)CCO)OCCO2. The fraction of sp³-hybridized carbons (Fsp3) is 0.571. The molecule has 5 nitrogen and oxygen atoms in total. The molecule has 1 aromatic carbocycles. The Morgan fingerprint density at radius 3 is 2.53 bits per heavy atom. The van der Waals surface area contributed by atoms with Gasteiger partial charge < -0.3 is 25.0 Å². The summed E-state index contributed by atoms with van der Waals surface area (Å²) >= 11 is 0. The molecule has 0 saturated carbocycles. The predicted octanol–water partition coefficient (Wildman–Crippen LogP) is 0.599. The summed E-state index contributed by atoms with van der Waals surface area (Å²) in [6.07, 6.45) is 0.542. The average molecular weight is 267 g/mol. The van der Waals surface area contributed by atoms with Crippen LogP contribution in [-0.4, -0.2) is 42.7 Å². The Hall–Kier alpha value is -1.30.